The number of carbonyl (C=O) groups is 2. The molecule has 1 N–H and O–H groups in total. The Hall–Kier alpha value is -5.07. The number of hydrogen-bond acceptors (Lipinski definition) is 4. The Labute approximate surface area is 262 Å². The number of nitrogens with zero attached hydrogens (tertiary/aromatic N) is 1. The molecule has 5 aromatic rings. The fraction of sp³-hybridized carbons (Fsp3) is 0.179. The van der Waals surface area contributed by atoms with Crippen LogP contribution in [0.15, 0.2) is 133 Å². The third kappa shape index (κ3) is 4.92. The van der Waals surface area contributed by atoms with E-state index in [1.54, 1.807) is 11.0 Å². The molecule has 5 nitrogen and oxygen atoms in total. The second-order valence-corrected chi connectivity index (χ2v) is 11.8. The van der Waals surface area contributed by atoms with Crippen molar-refractivity contribution in [3.8, 4) is 0 Å². The van der Waals surface area contributed by atoms with Crippen LogP contribution in [0.25, 0.3) is 0 Å². The molecule has 224 valence electrons. The fourth-order valence-electron chi connectivity index (χ4n) is 6.82. The van der Waals surface area contributed by atoms with Crippen molar-refractivity contribution in [2.24, 2.45) is 0 Å². The van der Waals surface area contributed by atoms with Crippen LogP contribution in [0.4, 0.5) is 15.8 Å². The maximum atomic E-state index is 14.1. The van der Waals surface area contributed by atoms with Crippen molar-refractivity contribution in [1.82, 2.24) is 5.32 Å². The lowest BCUT2D eigenvalue weighted by Gasteiger charge is -2.39. The SMILES string of the molecule is COC(=O)[C@H](Cc1ccc(N2C(=O)C3(CC3)c3cc(F)ccc32)cc1)NC(c1ccccc1)(c1ccccc1)c1ccccc1. The topological polar surface area (TPSA) is 58.6 Å². The summed E-state index contributed by atoms with van der Waals surface area (Å²) in [6.07, 6.45) is 1.81. The highest BCUT2D eigenvalue weighted by Gasteiger charge is 2.59. The van der Waals surface area contributed by atoms with E-state index >= 15 is 0 Å². The molecule has 1 fully saturated rings. The number of rotatable bonds is 9. The molecule has 6 heteroatoms. The normalized spacial score (nSPS) is 15.5. The summed E-state index contributed by atoms with van der Waals surface area (Å²) in [5.41, 5.74) is 4.62. The predicted molar refractivity (Wildman–Crippen MR) is 173 cm³/mol. The van der Waals surface area contributed by atoms with E-state index in [0.717, 1.165) is 52.0 Å². The van der Waals surface area contributed by atoms with Gasteiger partial charge in [-0.2, -0.15) is 0 Å². The standard InChI is InChI=1S/C39H33FN2O3/c1-45-36(43)34(41-39(28-11-5-2-6-12-28,29-13-7-3-8-14-29)30-15-9-4-10-16-30)25-27-17-20-32(21-18-27)42-35-22-19-31(40)26-33(35)38(23-24-38)37(42)44/h2-22,26,34,41H,23-25H2,1H3/t34-/m0/s1. The number of methoxy groups -OCH3 is 1. The lowest BCUT2D eigenvalue weighted by Crippen LogP contribution is -2.53. The maximum Gasteiger partial charge on any atom is 0.323 e. The van der Waals surface area contributed by atoms with Gasteiger partial charge in [0, 0.05) is 5.69 Å². The number of fused-ring (bicyclic) bond motifs is 2. The number of carbonyl (C=O) groups excluding carboxylic acids is 2. The van der Waals surface area contributed by atoms with Crippen LogP contribution in [0.5, 0.6) is 0 Å². The molecule has 1 aliphatic heterocycles. The summed E-state index contributed by atoms with van der Waals surface area (Å²) in [4.78, 5) is 28.7. The van der Waals surface area contributed by atoms with E-state index in [9.17, 15) is 14.0 Å². The van der Waals surface area contributed by atoms with Gasteiger partial charge in [-0.05, 0) is 77.4 Å². The molecular formula is C39H33FN2O3. The number of halogens is 1. The molecule has 2 aliphatic rings. The summed E-state index contributed by atoms with van der Waals surface area (Å²) in [5, 5.41) is 3.76. The van der Waals surface area contributed by atoms with Crippen LogP contribution in [0, 0.1) is 5.82 Å². The van der Waals surface area contributed by atoms with Crippen molar-refractivity contribution in [2.75, 3.05) is 12.0 Å². The first-order valence-corrected chi connectivity index (χ1v) is 15.2. The van der Waals surface area contributed by atoms with Gasteiger partial charge >= 0.3 is 5.97 Å². The molecule has 0 radical (unpaired) electrons. The molecule has 1 amide bonds. The van der Waals surface area contributed by atoms with Gasteiger partial charge < -0.3 is 4.74 Å². The van der Waals surface area contributed by atoms with Gasteiger partial charge in [0.2, 0.25) is 5.91 Å². The van der Waals surface area contributed by atoms with Gasteiger partial charge in [0.1, 0.15) is 11.9 Å². The highest BCUT2D eigenvalue weighted by atomic mass is 19.1. The number of amides is 1. The summed E-state index contributed by atoms with van der Waals surface area (Å²) in [5.74, 6) is -0.722. The molecule has 45 heavy (non-hydrogen) atoms. The van der Waals surface area contributed by atoms with Crippen molar-refractivity contribution in [1.29, 1.82) is 0 Å². The molecule has 0 aromatic heterocycles. The zero-order valence-electron chi connectivity index (χ0n) is 25.0. The van der Waals surface area contributed by atoms with E-state index in [-0.39, 0.29) is 17.7 Å². The van der Waals surface area contributed by atoms with E-state index < -0.39 is 17.0 Å². The molecule has 0 saturated heterocycles. The summed E-state index contributed by atoms with van der Waals surface area (Å²) < 4.78 is 19.5. The summed E-state index contributed by atoms with van der Waals surface area (Å²) in [6, 6.07) is 41.9. The molecule has 5 aromatic carbocycles. The van der Waals surface area contributed by atoms with Gasteiger partial charge in [-0.3, -0.25) is 19.8 Å². The van der Waals surface area contributed by atoms with Gasteiger partial charge in [0.25, 0.3) is 0 Å². The van der Waals surface area contributed by atoms with Gasteiger partial charge in [-0.15, -0.1) is 0 Å². The monoisotopic (exact) mass is 596 g/mol. The Bertz CT molecular complexity index is 1740. The van der Waals surface area contributed by atoms with E-state index in [4.69, 9.17) is 4.74 Å². The first-order valence-electron chi connectivity index (χ1n) is 15.2. The summed E-state index contributed by atoms with van der Waals surface area (Å²) >= 11 is 0. The second-order valence-electron chi connectivity index (χ2n) is 11.8. The Morgan fingerprint density at radius 3 is 1.84 bits per heavy atom. The van der Waals surface area contributed by atoms with Crippen molar-refractivity contribution >= 4 is 23.3 Å². The minimum absolute atomic E-state index is 0.0108. The molecule has 0 unspecified atom stereocenters. The fourth-order valence-corrected chi connectivity index (χ4v) is 6.82. The molecule has 1 aliphatic carbocycles. The highest BCUT2D eigenvalue weighted by molar-refractivity contribution is 6.14. The van der Waals surface area contributed by atoms with E-state index in [1.807, 2.05) is 78.9 Å². The van der Waals surface area contributed by atoms with Crippen LogP contribution in [-0.2, 0) is 31.7 Å². The van der Waals surface area contributed by atoms with Crippen LogP contribution in [-0.4, -0.2) is 25.0 Å². The largest absolute Gasteiger partial charge is 0.468 e. The summed E-state index contributed by atoms with van der Waals surface area (Å²) in [7, 11) is 1.41. The minimum Gasteiger partial charge on any atom is -0.468 e. The van der Waals surface area contributed by atoms with Gasteiger partial charge in [-0.25, -0.2) is 4.39 Å². The van der Waals surface area contributed by atoms with Crippen molar-refractivity contribution < 1.29 is 18.7 Å². The molecule has 1 spiro atoms. The lowest BCUT2D eigenvalue weighted by molar-refractivity contribution is -0.143. The zero-order chi connectivity index (χ0) is 31.0. The average Bonchev–Trinajstić information content (AvgIpc) is 3.87. The number of nitrogens with one attached hydrogen (secondary N) is 1. The predicted octanol–water partition coefficient (Wildman–Crippen LogP) is 7.20. The Morgan fingerprint density at radius 2 is 1.36 bits per heavy atom. The van der Waals surface area contributed by atoms with Gasteiger partial charge in [0.05, 0.1) is 23.8 Å². The van der Waals surface area contributed by atoms with Crippen molar-refractivity contribution in [3.05, 3.63) is 167 Å². The lowest BCUT2D eigenvalue weighted by atomic mass is 9.76. The molecular weight excluding hydrogens is 563 g/mol. The number of anilines is 2. The van der Waals surface area contributed by atoms with E-state index in [0.29, 0.717) is 6.42 Å². The first-order chi connectivity index (χ1) is 22.0. The van der Waals surface area contributed by atoms with Gasteiger partial charge in [-0.1, -0.05) is 103 Å². The molecule has 1 heterocycles. The second kappa shape index (κ2) is 11.5. The number of benzene rings is 5. The van der Waals surface area contributed by atoms with Crippen molar-refractivity contribution in [2.45, 2.75) is 36.3 Å². The molecule has 1 saturated carbocycles. The van der Waals surface area contributed by atoms with Crippen molar-refractivity contribution in [3.63, 3.8) is 0 Å². The zero-order valence-corrected chi connectivity index (χ0v) is 25.0. The smallest absolute Gasteiger partial charge is 0.323 e. The van der Waals surface area contributed by atoms with E-state index in [2.05, 4.69) is 41.7 Å². The molecule has 0 bridgehead atoms. The number of ether oxygens (including phenoxy) is 1. The Morgan fingerprint density at radius 1 is 0.822 bits per heavy atom. The summed E-state index contributed by atoms with van der Waals surface area (Å²) in [6.45, 7) is 0. The highest BCUT2D eigenvalue weighted by Crippen LogP contribution is 2.59. The molecule has 1 atom stereocenters. The third-order valence-corrected chi connectivity index (χ3v) is 9.21. The minimum atomic E-state index is -0.859. The quantitative estimate of drug-likeness (QED) is 0.144. The van der Waals surface area contributed by atoms with Crippen LogP contribution in [0.1, 0.15) is 40.7 Å². The number of esters is 1. The van der Waals surface area contributed by atoms with E-state index in [1.165, 1.54) is 19.2 Å². The van der Waals surface area contributed by atoms with Crippen LogP contribution in [0.3, 0.4) is 0 Å². The Balaban J connectivity index is 1.25. The maximum absolute atomic E-state index is 14.1. The Kier molecular flexibility index (Phi) is 7.30. The third-order valence-electron chi connectivity index (χ3n) is 9.21. The molecule has 7 rings (SSSR count). The van der Waals surface area contributed by atoms with Crippen LogP contribution >= 0.6 is 0 Å². The van der Waals surface area contributed by atoms with Gasteiger partial charge in [0.15, 0.2) is 0 Å². The number of hydrogen-bond donors (Lipinski definition) is 1. The first kappa shape index (κ1) is 28.7. The average molecular weight is 597 g/mol. The van der Waals surface area contributed by atoms with Crippen LogP contribution in [0.2, 0.25) is 0 Å². The van der Waals surface area contributed by atoms with Crippen LogP contribution < -0.4 is 10.2 Å².